The van der Waals surface area contributed by atoms with E-state index in [1.54, 1.807) is 42.5 Å². The Hall–Kier alpha value is -4.87. The molecular weight excluding hydrogens is 609 g/mol. The molecule has 246 valence electrons. The molecule has 0 unspecified atom stereocenters. The van der Waals surface area contributed by atoms with Crippen molar-refractivity contribution < 1.29 is 56.0 Å². The lowest BCUT2D eigenvalue weighted by atomic mass is 9.97. The first-order chi connectivity index (χ1) is 21.3. The van der Waals surface area contributed by atoms with Crippen LogP contribution >= 0.6 is 0 Å². The van der Waals surface area contributed by atoms with Crippen LogP contribution in [0.2, 0.25) is 0 Å². The Morgan fingerprint density at radius 2 is 1.46 bits per heavy atom. The van der Waals surface area contributed by atoms with E-state index >= 15 is 0 Å². The van der Waals surface area contributed by atoms with Crippen LogP contribution in [-0.4, -0.2) is 42.7 Å². The second-order valence-corrected chi connectivity index (χ2v) is 12.1. The molecule has 0 fully saturated rings. The quantitative estimate of drug-likeness (QED) is 0.0998. The lowest BCUT2D eigenvalue weighted by molar-refractivity contribution is -0.140. The fourth-order valence-corrected chi connectivity index (χ4v) is 4.19. The van der Waals surface area contributed by atoms with E-state index in [-0.39, 0.29) is 17.7 Å². The van der Waals surface area contributed by atoms with Gasteiger partial charge in [0.15, 0.2) is 12.0 Å². The molecule has 0 bridgehead atoms. The van der Waals surface area contributed by atoms with Gasteiger partial charge in [0.1, 0.15) is 29.1 Å². The van der Waals surface area contributed by atoms with Crippen LogP contribution in [0.1, 0.15) is 78.9 Å². The average Bonchev–Trinajstić information content (AvgIpc) is 2.93. The molecule has 9 nitrogen and oxygen atoms in total. The molecule has 3 rings (SSSR count). The molecule has 0 spiro atoms. The van der Waals surface area contributed by atoms with E-state index in [4.69, 9.17) is 18.9 Å². The van der Waals surface area contributed by atoms with Gasteiger partial charge >= 0.3 is 24.3 Å². The first-order valence-corrected chi connectivity index (χ1v) is 14.1. The van der Waals surface area contributed by atoms with Crippen molar-refractivity contribution in [2.75, 3.05) is 7.11 Å². The van der Waals surface area contributed by atoms with Gasteiger partial charge in [0.25, 0.3) is 0 Å². The fraction of sp³-hybridized carbons (Fsp3) is 0.353. The molecule has 0 aliphatic rings. The van der Waals surface area contributed by atoms with E-state index in [1.165, 1.54) is 48.7 Å². The Morgan fingerprint density at radius 3 is 2.00 bits per heavy atom. The third kappa shape index (κ3) is 9.82. The monoisotopic (exact) mass is 644 g/mol. The summed E-state index contributed by atoms with van der Waals surface area (Å²) in [5.74, 6) is -2.39. The summed E-state index contributed by atoms with van der Waals surface area (Å²) in [4.78, 5) is 49.2. The zero-order valence-electron chi connectivity index (χ0n) is 26.5. The number of rotatable bonds is 9. The Bertz CT molecular complexity index is 1600. The third-order valence-corrected chi connectivity index (χ3v) is 6.11. The SMILES string of the molecule is COC(=O)Cc1ccc(-c2ccc(OCc3ccc(C(F)(F)F)c(OC(=O)OC(C)(C)C)c3C(=O)OC(C)(C)C)cc2)c(C=O)c1. The van der Waals surface area contributed by atoms with Crippen LogP contribution in [0.25, 0.3) is 11.1 Å². The normalized spacial score (nSPS) is 11.8. The smallest absolute Gasteiger partial charge is 0.489 e. The van der Waals surface area contributed by atoms with Crippen molar-refractivity contribution in [3.05, 3.63) is 82.4 Å². The van der Waals surface area contributed by atoms with E-state index in [0.29, 0.717) is 34.6 Å². The topological polar surface area (TPSA) is 114 Å². The molecule has 0 radical (unpaired) electrons. The number of esters is 2. The number of halogens is 3. The van der Waals surface area contributed by atoms with Gasteiger partial charge in [0.05, 0.1) is 19.1 Å². The minimum absolute atomic E-state index is 0.00413. The summed E-state index contributed by atoms with van der Waals surface area (Å²) in [6.07, 6.45) is -5.77. The lowest BCUT2D eigenvalue weighted by Gasteiger charge is -2.24. The van der Waals surface area contributed by atoms with E-state index in [0.717, 1.165) is 6.07 Å². The minimum Gasteiger partial charge on any atom is -0.489 e. The van der Waals surface area contributed by atoms with Crippen LogP contribution in [-0.2, 0) is 38.2 Å². The predicted molar refractivity (Wildman–Crippen MR) is 161 cm³/mol. The number of hydrogen-bond donors (Lipinski definition) is 0. The molecule has 0 saturated heterocycles. The molecule has 46 heavy (non-hydrogen) atoms. The molecular formula is C34H35F3O9. The van der Waals surface area contributed by atoms with Crippen molar-refractivity contribution >= 4 is 24.4 Å². The summed E-state index contributed by atoms with van der Waals surface area (Å²) < 4.78 is 68.2. The maximum absolute atomic E-state index is 14.1. The third-order valence-electron chi connectivity index (χ3n) is 6.11. The molecule has 0 N–H and O–H groups in total. The van der Waals surface area contributed by atoms with Crippen LogP contribution < -0.4 is 9.47 Å². The molecule has 0 amide bonds. The zero-order chi connectivity index (χ0) is 34.4. The fourth-order valence-electron chi connectivity index (χ4n) is 4.19. The highest BCUT2D eigenvalue weighted by Gasteiger charge is 2.40. The number of carbonyl (C=O) groups excluding carboxylic acids is 4. The van der Waals surface area contributed by atoms with Gasteiger partial charge in [-0.15, -0.1) is 0 Å². The van der Waals surface area contributed by atoms with Crippen LogP contribution in [0.4, 0.5) is 18.0 Å². The largest absolute Gasteiger partial charge is 0.514 e. The number of carbonyl (C=O) groups is 4. The summed E-state index contributed by atoms with van der Waals surface area (Å²) in [5, 5.41) is 0. The van der Waals surface area contributed by atoms with E-state index in [9.17, 15) is 32.3 Å². The van der Waals surface area contributed by atoms with Gasteiger partial charge in [-0.3, -0.25) is 9.59 Å². The van der Waals surface area contributed by atoms with E-state index in [2.05, 4.69) is 4.74 Å². The second-order valence-electron chi connectivity index (χ2n) is 12.1. The number of hydrogen-bond acceptors (Lipinski definition) is 9. The van der Waals surface area contributed by atoms with Crippen molar-refractivity contribution in [3.8, 4) is 22.6 Å². The molecule has 0 heterocycles. The number of alkyl halides is 3. The summed E-state index contributed by atoms with van der Waals surface area (Å²) in [7, 11) is 1.27. The van der Waals surface area contributed by atoms with Crippen molar-refractivity contribution in [1.29, 1.82) is 0 Å². The van der Waals surface area contributed by atoms with Crippen LogP contribution in [0, 0.1) is 0 Å². The van der Waals surface area contributed by atoms with Crippen LogP contribution in [0.3, 0.4) is 0 Å². The Labute approximate surface area is 264 Å². The highest BCUT2D eigenvalue weighted by molar-refractivity contribution is 5.96. The van der Waals surface area contributed by atoms with Gasteiger partial charge in [-0.05, 0) is 82.5 Å². The summed E-state index contributed by atoms with van der Waals surface area (Å²) >= 11 is 0. The zero-order valence-corrected chi connectivity index (χ0v) is 26.5. The predicted octanol–water partition coefficient (Wildman–Crippen LogP) is 7.75. The molecule has 0 aromatic heterocycles. The van der Waals surface area contributed by atoms with E-state index < -0.39 is 59.0 Å². The van der Waals surface area contributed by atoms with Crippen molar-refractivity contribution in [2.45, 2.75) is 71.9 Å². The van der Waals surface area contributed by atoms with Gasteiger partial charge in [0.2, 0.25) is 0 Å². The molecule has 0 saturated carbocycles. The highest BCUT2D eigenvalue weighted by Crippen LogP contribution is 2.41. The summed E-state index contributed by atoms with van der Waals surface area (Å²) in [5.41, 5.74) is -2.07. The minimum atomic E-state index is -5.00. The van der Waals surface area contributed by atoms with Gasteiger partial charge < -0.3 is 23.7 Å². The molecule has 3 aromatic carbocycles. The van der Waals surface area contributed by atoms with Gasteiger partial charge in [0, 0.05) is 11.1 Å². The maximum atomic E-state index is 14.1. The van der Waals surface area contributed by atoms with Gasteiger partial charge in [-0.25, -0.2) is 9.59 Å². The Morgan fingerprint density at radius 1 is 0.826 bits per heavy atom. The molecule has 3 aromatic rings. The first kappa shape index (κ1) is 35.6. The molecule has 12 heteroatoms. The standard InChI is InChI=1S/C34H35F3O9/c1-32(2,3)45-30(40)28-22(11-15-26(34(35,36)37)29(28)44-31(41)46-33(4,5)6)19-43-24-12-9-21(10-13-24)25-14-8-20(16-23(25)18-38)17-27(39)42-7/h8-16,18H,17,19H2,1-7H3. The highest BCUT2D eigenvalue weighted by atomic mass is 19.4. The summed E-state index contributed by atoms with van der Waals surface area (Å²) in [6.45, 7) is 8.71. The first-order valence-electron chi connectivity index (χ1n) is 14.1. The van der Waals surface area contributed by atoms with Crippen molar-refractivity contribution in [1.82, 2.24) is 0 Å². The number of benzene rings is 3. The number of ether oxygens (including phenoxy) is 5. The van der Waals surface area contributed by atoms with E-state index in [1.807, 2.05) is 0 Å². The van der Waals surface area contributed by atoms with Crippen molar-refractivity contribution in [2.24, 2.45) is 0 Å². The number of methoxy groups -OCH3 is 1. The van der Waals surface area contributed by atoms with Crippen molar-refractivity contribution in [3.63, 3.8) is 0 Å². The molecule has 0 aliphatic carbocycles. The van der Waals surface area contributed by atoms with Gasteiger partial charge in [-0.2, -0.15) is 13.2 Å². The number of aldehydes is 1. The maximum Gasteiger partial charge on any atom is 0.514 e. The average molecular weight is 645 g/mol. The van der Waals surface area contributed by atoms with Crippen LogP contribution in [0.15, 0.2) is 54.6 Å². The molecule has 0 aliphatic heterocycles. The van der Waals surface area contributed by atoms with Gasteiger partial charge in [-0.1, -0.05) is 30.3 Å². The Kier molecular flexibility index (Phi) is 10.9. The van der Waals surface area contributed by atoms with Crippen LogP contribution in [0.5, 0.6) is 11.5 Å². The summed E-state index contributed by atoms with van der Waals surface area (Å²) in [6, 6.07) is 13.2. The second kappa shape index (κ2) is 14.1. The Balaban J connectivity index is 1.97. The molecule has 0 atom stereocenters. The lowest BCUT2D eigenvalue weighted by Crippen LogP contribution is -2.29.